The van der Waals surface area contributed by atoms with Crippen molar-refractivity contribution < 1.29 is 34.0 Å². The van der Waals surface area contributed by atoms with Crippen LogP contribution >= 0.6 is 12.2 Å². The number of fused-ring (bicyclic) bond motifs is 6. The van der Waals surface area contributed by atoms with Crippen molar-refractivity contribution in [3.63, 3.8) is 0 Å². The maximum absolute atomic E-state index is 13.2. The van der Waals surface area contributed by atoms with Crippen molar-refractivity contribution in [2.24, 2.45) is 0 Å². The number of nitrogens with one attached hydrogen (secondary N) is 2. The molecule has 0 saturated carbocycles. The van der Waals surface area contributed by atoms with Crippen molar-refractivity contribution in [3.8, 4) is 23.0 Å². The van der Waals surface area contributed by atoms with Gasteiger partial charge in [0.1, 0.15) is 29.6 Å². The highest BCUT2D eigenvalue weighted by atomic mass is 32.1. The molecule has 0 radical (unpaired) electrons. The summed E-state index contributed by atoms with van der Waals surface area (Å²) in [6, 6.07) is 14.0. The van der Waals surface area contributed by atoms with Crippen LogP contribution in [0.15, 0.2) is 67.3 Å². The summed E-state index contributed by atoms with van der Waals surface area (Å²) in [7, 11) is 0. The molecule has 0 amide bonds. The van der Waals surface area contributed by atoms with Crippen LogP contribution in [0.2, 0.25) is 0 Å². The molecule has 2 aliphatic heterocycles. The first-order valence-electron chi connectivity index (χ1n) is 11.3. The molecule has 4 N–H and O–H groups in total. The van der Waals surface area contributed by atoms with E-state index >= 15 is 0 Å². The molecular formula is C27H22N2O7S. The number of thiocarbonyl (C=S) groups is 1. The lowest BCUT2D eigenvalue weighted by atomic mass is 9.77. The number of benzene rings is 3. The highest BCUT2D eigenvalue weighted by Crippen LogP contribution is 2.57. The van der Waals surface area contributed by atoms with Gasteiger partial charge in [0, 0.05) is 40.6 Å². The molecule has 0 bridgehead atoms. The minimum atomic E-state index is -1.34. The van der Waals surface area contributed by atoms with Gasteiger partial charge in [-0.1, -0.05) is 12.6 Å². The maximum atomic E-state index is 13.2. The molecule has 2 heterocycles. The van der Waals surface area contributed by atoms with Crippen molar-refractivity contribution in [1.82, 2.24) is 5.32 Å². The van der Waals surface area contributed by atoms with Crippen LogP contribution in [0.3, 0.4) is 0 Å². The van der Waals surface area contributed by atoms with Crippen LogP contribution in [0.25, 0.3) is 0 Å². The van der Waals surface area contributed by atoms with Gasteiger partial charge in [-0.2, -0.15) is 0 Å². The Morgan fingerprint density at radius 3 is 2.32 bits per heavy atom. The number of anilines is 1. The van der Waals surface area contributed by atoms with Gasteiger partial charge in [0.15, 0.2) is 10.7 Å². The molecule has 188 valence electrons. The molecule has 3 aromatic carbocycles. The fourth-order valence-electron chi connectivity index (χ4n) is 4.48. The summed E-state index contributed by atoms with van der Waals surface area (Å²) in [5.74, 6) is -0.510. The summed E-state index contributed by atoms with van der Waals surface area (Å²) in [6.07, 6.45) is 1.08. The van der Waals surface area contributed by atoms with Crippen LogP contribution < -0.4 is 15.4 Å². The second kappa shape index (κ2) is 9.14. The number of aromatic hydroxyl groups is 2. The highest BCUT2D eigenvalue weighted by Gasteiger charge is 2.53. The van der Waals surface area contributed by atoms with Crippen LogP contribution in [-0.2, 0) is 19.9 Å². The molecule has 0 fully saturated rings. The van der Waals surface area contributed by atoms with Crippen molar-refractivity contribution in [2.75, 3.05) is 11.9 Å². The first-order chi connectivity index (χ1) is 17.7. The Labute approximate surface area is 217 Å². The zero-order valence-electron chi connectivity index (χ0n) is 19.6. The summed E-state index contributed by atoms with van der Waals surface area (Å²) in [5, 5.41) is 26.4. The average molecular weight is 519 g/mol. The average Bonchev–Trinajstić information content (AvgIpc) is 3.14. The summed E-state index contributed by atoms with van der Waals surface area (Å²) in [4.78, 5) is 24.4. The topological polar surface area (TPSA) is 126 Å². The number of ether oxygens (including phenoxy) is 3. The van der Waals surface area contributed by atoms with Gasteiger partial charge in [0.2, 0.25) is 0 Å². The van der Waals surface area contributed by atoms with Gasteiger partial charge >= 0.3 is 11.9 Å². The predicted octanol–water partition coefficient (Wildman–Crippen LogP) is 4.07. The summed E-state index contributed by atoms with van der Waals surface area (Å²) >= 11 is 5.36. The van der Waals surface area contributed by atoms with Crippen LogP contribution in [0.5, 0.6) is 23.0 Å². The maximum Gasteiger partial charge on any atom is 0.340 e. The normalized spacial score (nSPS) is 14.8. The van der Waals surface area contributed by atoms with Gasteiger partial charge in [-0.25, -0.2) is 9.59 Å². The minimum absolute atomic E-state index is 0.0175. The minimum Gasteiger partial charge on any atom is -0.508 e. The van der Waals surface area contributed by atoms with E-state index < -0.39 is 17.5 Å². The van der Waals surface area contributed by atoms with Crippen molar-refractivity contribution in [3.05, 3.63) is 89.5 Å². The quantitative estimate of drug-likeness (QED) is 0.223. The number of carbonyl (C=O) groups is 2. The van der Waals surface area contributed by atoms with Crippen molar-refractivity contribution >= 4 is 35.0 Å². The number of rotatable bonds is 5. The second-order valence-electron chi connectivity index (χ2n) is 8.63. The molecule has 3 aromatic rings. The third kappa shape index (κ3) is 4.21. The summed E-state index contributed by atoms with van der Waals surface area (Å²) in [6.45, 7) is 5.24. The van der Waals surface area contributed by atoms with Crippen LogP contribution in [0, 0.1) is 0 Å². The van der Waals surface area contributed by atoms with Crippen LogP contribution in [0.1, 0.15) is 34.0 Å². The van der Waals surface area contributed by atoms with Crippen LogP contribution in [-0.4, -0.2) is 39.9 Å². The number of phenols is 2. The van der Waals surface area contributed by atoms with Crippen LogP contribution in [0.4, 0.5) is 5.69 Å². The Bertz CT molecular complexity index is 1420. The molecule has 1 spiro atoms. The van der Waals surface area contributed by atoms with Gasteiger partial charge in [-0.3, -0.25) is 0 Å². The molecule has 0 saturated heterocycles. The van der Waals surface area contributed by atoms with Gasteiger partial charge in [0.25, 0.3) is 0 Å². The second-order valence-corrected chi connectivity index (χ2v) is 9.04. The lowest BCUT2D eigenvalue weighted by Gasteiger charge is -2.36. The molecule has 9 nitrogen and oxygen atoms in total. The molecule has 37 heavy (non-hydrogen) atoms. The molecule has 1 atom stereocenters. The zero-order valence-corrected chi connectivity index (χ0v) is 20.4. The molecule has 10 heteroatoms. The first-order valence-corrected chi connectivity index (χ1v) is 11.7. The lowest BCUT2D eigenvalue weighted by Crippen LogP contribution is -2.39. The molecule has 5 rings (SSSR count). The standard InChI is InChI=1S/C27H22N2O7S/c1-3-24(32)34-13-14(2)28-26(37)29-15-4-7-19-18(10-15)25(33)36-27(19)20-8-5-16(30)11-22(20)35-23-12-17(31)6-9-21(23)27/h3-12,14,30-31H,1,13H2,2H3,(H2,28,29,37). The van der Waals surface area contributed by atoms with E-state index in [1.54, 1.807) is 37.3 Å². The summed E-state index contributed by atoms with van der Waals surface area (Å²) < 4.78 is 17.0. The monoisotopic (exact) mass is 518 g/mol. The predicted molar refractivity (Wildman–Crippen MR) is 138 cm³/mol. The van der Waals surface area contributed by atoms with E-state index in [1.165, 1.54) is 24.3 Å². The van der Waals surface area contributed by atoms with E-state index in [0.717, 1.165) is 6.08 Å². The van der Waals surface area contributed by atoms with E-state index in [-0.39, 0.29) is 29.3 Å². The number of carbonyl (C=O) groups excluding carboxylic acids is 2. The van der Waals surface area contributed by atoms with E-state index in [0.29, 0.717) is 39.4 Å². The van der Waals surface area contributed by atoms with E-state index in [1.807, 2.05) is 0 Å². The third-order valence-electron chi connectivity index (χ3n) is 6.05. The van der Waals surface area contributed by atoms with Crippen molar-refractivity contribution in [1.29, 1.82) is 0 Å². The van der Waals surface area contributed by atoms with Gasteiger partial charge < -0.3 is 35.1 Å². The van der Waals surface area contributed by atoms with E-state index in [9.17, 15) is 19.8 Å². The van der Waals surface area contributed by atoms with Gasteiger partial charge in [0.05, 0.1) is 11.6 Å². The Morgan fingerprint density at radius 2 is 1.70 bits per heavy atom. The number of hydrogen-bond donors (Lipinski definition) is 4. The highest BCUT2D eigenvalue weighted by molar-refractivity contribution is 7.80. The number of phenolic OH excluding ortho intramolecular Hbond substituents is 2. The zero-order chi connectivity index (χ0) is 26.3. The van der Waals surface area contributed by atoms with Gasteiger partial charge in [-0.15, -0.1) is 0 Å². The van der Waals surface area contributed by atoms with E-state index in [4.69, 9.17) is 26.4 Å². The van der Waals surface area contributed by atoms with Crippen molar-refractivity contribution in [2.45, 2.75) is 18.6 Å². The Kier molecular flexibility index (Phi) is 5.96. The Morgan fingerprint density at radius 1 is 1.08 bits per heavy atom. The first kappa shape index (κ1) is 24.1. The Balaban J connectivity index is 1.48. The number of hydrogen-bond acceptors (Lipinski definition) is 8. The molecule has 0 aliphatic carbocycles. The fraction of sp³-hybridized carbons (Fsp3) is 0.148. The smallest absolute Gasteiger partial charge is 0.340 e. The summed E-state index contributed by atoms with van der Waals surface area (Å²) in [5.41, 5.74) is 1.18. The fourth-order valence-corrected chi connectivity index (χ4v) is 4.80. The molecule has 2 aliphatic rings. The molecule has 0 aromatic heterocycles. The Hall–Kier alpha value is -4.57. The molecule has 1 unspecified atom stereocenters. The lowest BCUT2D eigenvalue weighted by molar-refractivity contribution is -0.138. The number of esters is 2. The SMILES string of the molecule is C=CC(=O)OCC(C)NC(=S)Nc1ccc2c(c1)C(=O)OC21c2ccc(O)cc2Oc2cc(O)ccc21. The third-order valence-corrected chi connectivity index (χ3v) is 6.27. The van der Waals surface area contributed by atoms with Gasteiger partial charge in [-0.05, 0) is 55.5 Å². The van der Waals surface area contributed by atoms with E-state index in [2.05, 4.69) is 17.2 Å². The molecular weight excluding hydrogens is 496 g/mol. The largest absolute Gasteiger partial charge is 0.508 e.